The maximum atomic E-state index is 12.2. The van der Waals surface area contributed by atoms with E-state index in [1.807, 2.05) is 4.90 Å². The highest BCUT2D eigenvalue weighted by atomic mass is 16.2. The van der Waals surface area contributed by atoms with Gasteiger partial charge in [-0.15, -0.1) is 0 Å². The van der Waals surface area contributed by atoms with Crippen LogP contribution in [0.1, 0.15) is 30.3 Å². The Morgan fingerprint density at radius 3 is 2.88 bits per heavy atom. The van der Waals surface area contributed by atoms with Gasteiger partial charge in [0.15, 0.2) is 0 Å². The lowest BCUT2D eigenvalue weighted by Gasteiger charge is -2.30. The largest absolute Gasteiger partial charge is 0.337 e. The van der Waals surface area contributed by atoms with E-state index < -0.39 is 0 Å². The Balaban J connectivity index is 2.18. The van der Waals surface area contributed by atoms with Crippen LogP contribution < -0.4 is 5.56 Å². The predicted molar refractivity (Wildman–Crippen MR) is 63.8 cm³/mol. The number of carbonyl (C=O) groups excluding carboxylic acids is 1. The first kappa shape index (κ1) is 11.8. The van der Waals surface area contributed by atoms with Crippen molar-refractivity contribution in [1.82, 2.24) is 14.7 Å². The summed E-state index contributed by atoms with van der Waals surface area (Å²) in [5, 5.41) is 3.99. The second-order valence-corrected chi connectivity index (χ2v) is 4.68. The van der Waals surface area contributed by atoms with Crippen LogP contribution in [0.15, 0.2) is 16.9 Å². The fourth-order valence-electron chi connectivity index (χ4n) is 2.15. The smallest absolute Gasteiger partial charge is 0.274 e. The number of rotatable bonds is 1. The minimum absolute atomic E-state index is 0.0767. The van der Waals surface area contributed by atoms with Crippen LogP contribution in [0.25, 0.3) is 0 Å². The molecule has 0 aromatic carbocycles. The first-order chi connectivity index (χ1) is 8.08. The molecule has 2 rings (SSSR count). The molecule has 1 aliphatic rings. The van der Waals surface area contributed by atoms with Crippen molar-refractivity contribution in [2.75, 3.05) is 13.1 Å². The van der Waals surface area contributed by atoms with Crippen molar-refractivity contribution >= 4 is 5.91 Å². The van der Waals surface area contributed by atoms with Crippen LogP contribution in [0.2, 0.25) is 0 Å². The zero-order chi connectivity index (χ0) is 12.4. The molecule has 1 aliphatic heterocycles. The summed E-state index contributed by atoms with van der Waals surface area (Å²) >= 11 is 0. The molecule has 0 radical (unpaired) electrons. The zero-order valence-electron chi connectivity index (χ0n) is 10.2. The van der Waals surface area contributed by atoms with Gasteiger partial charge in [0.1, 0.15) is 5.69 Å². The van der Waals surface area contributed by atoms with E-state index in [0.29, 0.717) is 11.6 Å². The van der Waals surface area contributed by atoms with Gasteiger partial charge in [-0.25, -0.2) is 4.68 Å². The summed E-state index contributed by atoms with van der Waals surface area (Å²) in [6.45, 7) is 3.71. The molecule has 2 heterocycles. The first-order valence-electron chi connectivity index (χ1n) is 5.91. The van der Waals surface area contributed by atoms with E-state index in [4.69, 9.17) is 0 Å². The normalized spacial score (nSPS) is 20.4. The van der Waals surface area contributed by atoms with Crippen molar-refractivity contribution in [3.05, 3.63) is 28.2 Å². The molecule has 1 aromatic rings. The van der Waals surface area contributed by atoms with Crippen molar-refractivity contribution in [3.63, 3.8) is 0 Å². The summed E-state index contributed by atoms with van der Waals surface area (Å²) in [6, 6.07) is 2.89. The second kappa shape index (κ2) is 4.69. The van der Waals surface area contributed by atoms with E-state index in [0.717, 1.165) is 19.5 Å². The molecule has 0 aliphatic carbocycles. The van der Waals surface area contributed by atoms with E-state index in [-0.39, 0.29) is 11.5 Å². The Morgan fingerprint density at radius 1 is 1.47 bits per heavy atom. The molecule has 1 aromatic heterocycles. The van der Waals surface area contributed by atoms with Gasteiger partial charge in [-0.3, -0.25) is 9.59 Å². The number of aryl methyl sites for hydroxylation is 1. The summed E-state index contributed by atoms with van der Waals surface area (Å²) in [5.74, 6) is 0.465. The molecule has 5 nitrogen and oxygen atoms in total. The number of aromatic nitrogens is 2. The maximum absolute atomic E-state index is 12.2. The molecular weight excluding hydrogens is 218 g/mol. The Hall–Kier alpha value is -1.65. The topological polar surface area (TPSA) is 55.2 Å². The number of hydrogen-bond donors (Lipinski definition) is 0. The number of piperidine rings is 1. The molecule has 1 unspecified atom stereocenters. The fourth-order valence-corrected chi connectivity index (χ4v) is 2.15. The average Bonchev–Trinajstić information content (AvgIpc) is 2.32. The van der Waals surface area contributed by atoms with Gasteiger partial charge in [0.25, 0.3) is 11.5 Å². The highest BCUT2D eigenvalue weighted by Gasteiger charge is 2.23. The molecular formula is C12H17N3O2. The highest BCUT2D eigenvalue weighted by Crippen LogP contribution is 2.16. The highest BCUT2D eigenvalue weighted by molar-refractivity contribution is 5.92. The molecule has 0 bridgehead atoms. The van der Waals surface area contributed by atoms with Crippen LogP contribution >= 0.6 is 0 Å². The van der Waals surface area contributed by atoms with Crippen molar-refractivity contribution < 1.29 is 4.79 Å². The minimum atomic E-state index is -0.200. The van der Waals surface area contributed by atoms with Crippen LogP contribution in [0, 0.1) is 5.92 Å². The van der Waals surface area contributed by atoms with Crippen LogP contribution in [0.5, 0.6) is 0 Å². The molecule has 1 fully saturated rings. The maximum Gasteiger partial charge on any atom is 0.274 e. The summed E-state index contributed by atoms with van der Waals surface area (Å²) in [7, 11) is 1.55. The SMILES string of the molecule is CC1CCCN(C(=O)c2ccc(=O)n(C)n2)C1. The average molecular weight is 235 g/mol. The molecule has 0 N–H and O–H groups in total. The fraction of sp³-hybridized carbons (Fsp3) is 0.583. The third-order valence-electron chi connectivity index (χ3n) is 3.12. The third-order valence-corrected chi connectivity index (χ3v) is 3.12. The van der Waals surface area contributed by atoms with E-state index >= 15 is 0 Å². The van der Waals surface area contributed by atoms with Crippen molar-refractivity contribution in [1.29, 1.82) is 0 Å². The molecule has 0 spiro atoms. The molecule has 1 saturated heterocycles. The van der Waals surface area contributed by atoms with Gasteiger partial charge in [-0.1, -0.05) is 6.92 Å². The molecule has 17 heavy (non-hydrogen) atoms. The summed E-state index contributed by atoms with van der Waals surface area (Å²) < 4.78 is 1.20. The molecule has 0 saturated carbocycles. The Kier molecular flexibility index (Phi) is 3.26. The second-order valence-electron chi connectivity index (χ2n) is 4.68. The molecule has 5 heteroatoms. The number of amides is 1. The van der Waals surface area contributed by atoms with E-state index in [1.54, 1.807) is 7.05 Å². The zero-order valence-corrected chi connectivity index (χ0v) is 10.2. The van der Waals surface area contributed by atoms with Crippen LogP contribution in [-0.2, 0) is 7.05 Å². The van der Waals surface area contributed by atoms with Gasteiger partial charge in [-0.2, -0.15) is 5.10 Å². The molecule has 92 valence electrons. The molecule has 1 amide bonds. The number of carbonyl (C=O) groups is 1. The Bertz CT molecular complexity index is 481. The third kappa shape index (κ3) is 2.54. The molecule has 1 atom stereocenters. The van der Waals surface area contributed by atoms with Gasteiger partial charge in [0.2, 0.25) is 0 Å². The Morgan fingerprint density at radius 2 is 2.24 bits per heavy atom. The Labute approximate surface area is 100 Å². The number of nitrogens with zero attached hydrogens (tertiary/aromatic N) is 3. The minimum Gasteiger partial charge on any atom is -0.337 e. The summed E-state index contributed by atoms with van der Waals surface area (Å²) in [6.07, 6.45) is 2.21. The quantitative estimate of drug-likeness (QED) is 0.718. The van der Waals surface area contributed by atoms with Gasteiger partial charge in [0, 0.05) is 26.2 Å². The van der Waals surface area contributed by atoms with Crippen molar-refractivity contribution in [2.24, 2.45) is 13.0 Å². The van der Waals surface area contributed by atoms with Crippen molar-refractivity contribution in [3.8, 4) is 0 Å². The standard InChI is InChI=1S/C12H17N3O2/c1-9-4-3-7-15(8-9)12(17)10-5-6-11(16)14(2)13-10/h5-6,9H,3-4,7-8H2,1-2H3. The monoisotopic (exact) mass is 235 g/mol. The first-order valence-corrected chi connectivity index (χ1v) is 5.91. The summed E-state index contributed by atoms with van der Waals surface area (Å²) in [5.41, 5.74) is 0.148. The summed E-state index contributed by atoms with van der Waals surface area (Å²) in [4.78, 5) is 25.2. The van der Waals surface area contributed by atoms with Gasteiger partial charge in [0.05, 0.1) is 0 Å². The lowest BCUT2D eigenvalue weighted by atomic mass is 10.00. The number of likely N-dealkylation sites (tertiary alicyclic amines) is 1. The lowest BCUT2D eigenvalue weighted by Crippen LogP contribution is -2.40. The predicted octanol–water partition coefficient (Wildman–Crippen LogP) is 0.652. The number of hydrogen-bond acceptors (Lipinski definition) is 3. The van der Waals surface area contributed by atoms with E-state index in [9.17, 15) is 9.59 Å². The van der Waals surface area contributed by atoms with Crippen LogP contribution in [0.3, 0.4) is 0 Å². The van der Waals surface area contributed by atoms with Gasteiger partial charge in [-0.05, 0) is 24.8 Å². The van der Waals surface area contributed by atoms with E-state index in [2.05, 4.69) is 12.0 Å². The van der Waals surface area contributed by atoms with Crippen LogP contribution in [-0.4, -0.2) is 33.7 Å². The van der Waals surface area contributed by atoms with Gasteiger partial charge >= 0.3 is 0 Å². The lowest BCUT2D eigenvalue weighted by molar-refractivity contribution is 0.0674. The van der Waals surface area contributed by atoms with E-state index in [1.165, 1.54) is 23.2 Å². The van der Waals surface area contributed by atoms with Crippen LogP contribution in [0.4, 0.5) is 0 Å². The van der Waals surface area contributed by atoms with Crippen molar-refractivity contribution in [2.45, 2.75) is 19.8 Å². The van der Waals surface area contributed by atoms with Gasteiger partial charge < -0.3 is 4.90 Å².